The fraction of sp³-hybridized carbons (Fsp3) is 0.667. The van der Waals surface area contributed by atoms with E-state index in [0.29, 0.717) is 0 Å². The molecule has 0 N–H and O–H groups in total. The fourth-order valence-electron chi connectivity index (χ4n) is 3.83. The summed E-state index contributed by atoms with van der Waals surface area (Å²) in [6.45, 7) is 0. The molecule has 0 nitrogen and oxygen atoms in total. The van der Waals surface area contributed by atoms with Crippen molar-refractivity contribution >= 4 is 0 Å². The first-order valence-electron chi connectivity index (χ1n) is 10.6. The van der Waals surface area contributed by atoms with E-state index < -0.39 is 0 Å². The van der Waals surface area contributed by atoms with Crippen LogP contribution in [0.3, 0.4) is 0 Å². The van der Waals surface area contributed by atoms with Crippen molar-refractivity contribution < 1.29 is 0 Å². The van der Waals surface area contributed by atoms with E-state index in [2.05, 4.69) is 36.5 Å². The minimum absolute atomic E-state index is 1.22. The van der Waals surface area contributed by atoms with Gasteiger partial charge in [0.2, 0.25) is 0 Å². The van der Waals surface area contributed by atoms with Gasteiger partial charge in [0.05, 0.1) is 0 Å². The van der Waals surface area contributed by atoms with E-state index in [1.54, 1.807) is 11.1 Å². The normalized spacial score (nSPS) is 16.0. The summed E-state index contributed by atoms with van der Waals surface area (Å²) in [5, 5.41) is 0. The van der Waals surface area contributed by atoms with Crippen molar-refractivity contribution in [2.24, 2.45) is 0 Å². The molecule has 2 aliphatic carbocycles. The van der Waals surface area contributed by atoms with Crippen molar-refractivity contribution in [1.82, 2.24) is 0 Å². The fourth-order valence-corrected chi connectivity index (χ4v) is 3.83. The van der Waals surface area contributed by atoms with Gasteiger partial charge in [0.15, 0.2) is 0 Å². The van der Waals surface area contributed by atoms with Crippen LogP contribution >= 0.6 is 0 Å². The van der Waals surface area contributed by atoms with Crippen LogP contribution in [-0.2, 0) is 0 Å². The average Bonchev–Trinajstić information content (AvgIpc) is 3.28. The van der Waals surface area contributed by atoms with E-state index in [0.717, 1.165) is 0 Å². The minimum Gasteiger partial charge on any atom is -0.0805 e. The van der Waals surface area contributed by atoms with Gasteiger partial charge in [-0.2, -0.15) is 0 Å². The van der Waals surface area contributed by atoms with Crippen molar-refractivity contribution in [1.29, 1.82) is 0 Å². The first kappa shape index (κ1) is 19.3. The topological polar surface area (TPSA) is 0 Å². The molecule has 0 amide bonds. The number of hydrogen-bond acceptors (Lipinski definition) is 0. The third-order valence-electron chi connectivity index (χ3n) is 5.44. The van der Waals surface area contributed by atoms with Gasteiger partial charge in [0, 0.05) is 0 Å². The molecule has 134 valence electrons. The average molecular weight is 327 g/mol. The third kappa shape index (κ3) is 9.30. The third-order valence-corrected chi connectivity index (χ3v) is 5.44. The molecule has 24 heavy (non-hydrogen) atoms. The molecule has 0 aromatic rings. The molecule has 2 aliphatic rings. The molecule has 0 aromatic carbocycles. The van der Waals surface area contributed by atoms with Gasteiger partial charge in [-0.3, -0.25) is 0 Å². The van der Waals surface area contributed by atoms with Gasteiger partial charge < -0.3 is 0 Å². The molecule has 0 radical (unpaired) electrons. The molecule has 2 rings (SSSR count). The van der Waals surface area contributed by atoms with E-state index in [4.69, 9.17) is 0 Å². The van der Waals surface area contributed by atoms with Crippen LogP contribution in [0.25, 0.3) is 0 Å². The van der Waals surface area contributed by atoms with Gasteiger partial charge in [0.25, 0.3) is 0 Å². The molecule has 0 saturated heterocycles. The maximum Gasteiger partial charge on any atom is -0.0133 e. The van der Waals surface area contributed by atoms with Gasteiger partial charge in [-0.05, 0) is 38.5 Å². The molecule has 0 spiro atoms. The lowest BCUT2D eigenvalue weighted by Gasteiger charge is -2.04. The van der Waals surface area contributed by atoms with Gasteiger partial charge in [-0.1, -0.05) is 112 Å². The monoisotopic (exact) mass is 326 g/mol. The summed E-state index contributed by atoms with van der Waals surface area (Å²) in [5.74, 6) is 0. The highest BCUT2D eigenvalue weighted by molar-refractivity contribution is 5.23. The maximum atomic E-state index is 2.31. The molecular formula is C24H38. The largest absolute Gasteiger partial charge is 0.0805 e. The van der Waals surface area contributed by atoms with Crippen LogP contribution < -0.4 is 0 Å². The van der Waals surface area contributed by atoms with Gasteiger partial charge in [-0.15, -0.1) is 0 Å². The lowest BCUT2D eigenvalue weighted by molar-refractivity contribution is 0.540. The maximum absolute atomic E-state index is 2.31. The Bertz CT molecular complexity index is 391. The second kappa shape index (κ2) is 13.3. The van der Waals surface area contributed by atoms with Crippen LogP contribution in [-0.4, -0.2) is 0 Å². The second-order valence-electron chi connectivity index (χ2n) is 7.66. The number of hydrogen-bond donors (Lipinski definition) is 0. The Morgan fingerprint density at radius 2 is 0.792 bits per heavy atom. The molecule has 0 fully saturated rings. The van der Waals surface area contributed by atoms with Crippen molar-refractivity contribution in [3.8, 4) is 0 Å². The zero-order valence-electron chi connectivity index (χ0n) is 15.8. The van der Waals surface area contributed by atoms with Crippen LogP contribution in [0.4, 0.5) is 0 Å². The van der Waals surface area contributed by atoms with Crippen molar-refractivity contribution in [3.63, 3.8) is 0 Å². The zero-order valence-corrected chi connectivity index (χ0v) is 15.8. The van der Waals surface area contributed by atoms with E-state index in [1.165, 1.54) is 103 Å². The van der Waals surface area contributed by atoms with E-state index in [1.807, 2.05) is 0 Å². The molecule has 0 heteroatoms. The van der Waals surface area contributed by atoms with Crippen LogP contribution in [0, 0.1) is 0 Å². The summed E-state index contributed by atoms with van der Waals surface area (Å²) in [6.07, 6.45) is 36.0. The molecule has 0 saturated carbocycles. The Balaban J connectivity index is 1.23. The number of unbranched alkanes of at least 4 members (excludes halogenated alkanes) is 11. The summed E-state index contributed by atoms with van der Waals surface area (Å²) < 4.78 is 0. The molecule has 0 bridgehead atoms. The standard InChI is InChI=1S/C24H38/c1(3-5-7-9-11-17-23-19-13-14-20-23)2-4-6-8-10-12-18-24-21-15-16-22-24/h13-16,19,21H,1-12,17-18,20,22H2. The SMILES string of the molecule is C1=CCC(CCCCCCCCCCCCCCC2=CC=CC2)=C1. The van der Waals surface area contributed by atoms with Crippen LogP contribution in [0.1, 0.15) is 103 Å². The Hall–Kier alpha value is -1.04. The van der Waals surface area contributed by atoms with E-state index in [-0.39, 0.29) is 0 Å². The highest BCUT2D eigenvalue weighted by Gasteiger charge is 2.00. The molecule has 0 aromatic heterocycles. The molecular weight excluding hydrogens is 288 g/mol. The summed E-state index contributed by atoms with van der Waals surface area (Å²) in [4.78, 5) is 0. The molecule has 0 atom stereocenters. The summed E-state index contributed by atoms with van der Waals surface area (Å²) >= 11 is 0. The van der Waals surface area contributed by atoms with Gasteiger partial charge in [-0.25, -0.2) is 0 Å². The Kier molecular flexibility index (Phi) is 10.7. The quantitative estimate of drug-likeness (QED) is 0.266. The first-order chi connectivity index (χ1) is 11.9. The van der Waals surface area contributed by atoms with Crippen molar-refractivity contribution in [2.75, 3.05) is 0 Å². The lowest BCUT2D eigenvalue weighted by atomic mass is 10.0. The Morgan fingerprint density at radius 3 is 1.08 bits per heavy atom. The first-order valence-corrected chi connectivity index (χ1v) is 10.6. The smallest absolute Gasteiger partial charge is 0.0133 e. The molecule has 0 heterocycles. The summed E-state index contributed by atoms with van der Waals surface area (Å²) in [7, 11) is 0. The second-order valence-corrected chi connectivity index (χ2v) is 7.66. The number of rotatable bonds is 15. The predicted octanol–water partition coefficient (Wildman–Crippen LogP) is 8.22. The van der Waals surface area contributed by atoms with Crippen molar-refractivity contribution in [3.05, 3.63) is 47.6 Å². The molecule has 0 unspecified atom stereocenters. The van der Waals surface area contributed by atoms with Crippen LogP contribution in [0.15, 0.2) is 47.6 Å². The Labute approximate surface area is 150 Å². The van der Waals surface area contributed by atoms with Crippen LogP contribution in [0.5, 0.6) is 0 Å². The highest BCUT2D eigenvalue weighted by atomic mass is 14.1. The van der Waals surface area contributed by atoms with Gasteiger partial charge >= 0.3 is 0 Å². The number of allylic oxidation sites excluding steroid dienone is 8. The van der Waals surface area contributed by atoms with E-state index in [9.17, 15) is 0 Å². The summed E-state index contributed by atoms with van der Waals surface area (Å²) in [5.41, 5.74) is 3.29. The predicted molar refractivity (Wildman–Crippen MR) is 108 cm³/mol. The van der Waals surface area contributed by atoms with Crippen molar-refractivity contribution in [2.45, 2.75) is 103 Å². The highest BCUT2D eigenvalue weighted by Crippen LogP contribution is 2.20. The van der Waals surface area contributed by atoms with E-state index >= 15 is 0 Å². The van der Waals surface area contributed by atoms with Gasteiger partial charge in [0.1, 0.15) is 0 Å². The summed E-state index contributed by atoms with van der Waals surface area (Å²) in [6, 6.07) is 0. The Morgan fingerprint density at radius 1 is 0.458 bits per heavy atom. The van der Waals surface area contributed by atoms with Crippen LogP contribution in [0.2, 0.25) is 0 Å². The zero-order chi connectivity index (χ0) is 16.7. The lowest BCUT2D eigenvalue weighted by Crippen LogP contribution is -1.85. The minimum atomic E-state index is 1.22. The molecule has 0 aliphatic heterocycles.